The molecule has 1 heterocycles. The van der Waals surface area contributed by atoms with Gasteiger partial charge in [-0.2, -0.15) is 0 Å². The Hall–Kier alpha value is -1.12. The summed E-state index contributed by atoms with van der Waals surface area (Å²) in [5, 5.41) is 7.97. The molecule has 0 unspecified atom stereocenters. The van der Waals surface area contributed by atoms with E-state index in [2.05, 4.69) is 16.8 Å². The van der Waals surface area contributed by atoms with E-state index in [4.69, 9.17) is 0 Å². The van der Waals surface area contributed by atoms with Crippen LogP contribution in [-0.2, 0) is 13.5 Å². The molecule has 0 spiro atoms. The van der Waals surface area contributed by atoms with E-state index in [9.17, 15) is 0 Å². The third-order valence-electron chi connectivity index (χ3n) is 1.75. The molecule has 60 valence electrons. The van der Waals surface area contributed by atoms with Crippen molar-refractivity contribution >= 4 is 0 Å². The molecule has 0 radical (unpaired) electrons. The van der Waals surface area contributed by atoms with E-state index >= 15 is 0 Å². The monoisotopic (exact) mass is 151 g/mol. The van der Waals surface area contributed by atoms with Crippen LogP contribution in [0.4, 0.5) is 0 Å². The normalized spacial score (nSPS) is 10.0. The second kappa shape index (κ2) is 3.32. The number of hydrogen-bond donors (Lipinski definition) is 0. The number of rotatable bonds is 3. The molecule has 0 aromatic carbocycles. The van der Waals surface area contributed by atoms with Gasteiger partial charge in [0, 0.05) is 13.5 Å². The van der Waals surface area contributed by atoms with Gasteiger partial charge < -0.3 is 4.57 Å². The summed E-state index contributed by atoms with van der Waals surface area (Å²) in [7, 11) is 1.98. The fourth-order valence-electron chi connectivity index (χ4n) is 0.900. The highest BCUT2D eigenvalue weighted by molar-refractivity contribution is 4.93. The quantitative estimate of drug-likeness (QED) is 0.608. The zero-order chi connectivity index (χ0) is 8.27. The topological polar surface area (TPSA) is 30.7 Å². The van der Waals surface area contributed by atoms with Crippen LogP contribution < -0.4 is 0 Å². The maximum Gasteiger partial charge on any atom is 0.133 e. The first-order chi connectivity index (χ1) is 5.25. The van der Waals surface area contributed by atoms with Crippen molar-refractivity contribution < 1.29 is 0 Å². The Kier molecular flexibility index (Phi) is 2.41. The van der Waals surface area contributed by atoms with Gasteiger partial charge in [0.2, 0.25) is 0 Å². The average molecular weight is 151 g/mol. The largest absolute Gasteiger partial charge is 0.318 e. The summed E-state index contributed by atoms with van der Waals surface area (Å²) in [6.07, 6.45) is 3.79. The minimum absolute atomic E-state index is 0.931. The summed E-state index contributed by atoms with van der Waals surface area (Å²) in [5.74, 6) is 1.99. The van der Waals surface area contributed by atoms with Crippen LogP contribution in [0.3, 0.4) is 0 Å². The van der Waals surface area contributed by atoms with Crippen molar-refractivity contribution in [3.8, 4) is 0 Å². The molecule has 0 saturated heterocycles. The van der Waals surface area contributed by atoms with Crippen LogP contribution in [0.1, 0.15) is 18.1 Å². The lowest BCUT2D eigenvalue weighted by atomic mass is 10.3. The highest BCUT2D eigenvalue weighted by atomic mass is 15.3. The molecular weight excluding hydrogens is 138 g/mol. The minimum atomic E-state index is 0.931. The molecule has 0 amide bonds. The van der Waals surface area contributed by atoms with E-state index in [1.54, 1.807) is 0 Å². The maximum absolute atomic E-state index is 4.02. The lowest BCUT2D eigenvalue weighted by molar-refractivity contribution is 0.763. The number of nitrogens with zero attached hydrogens (tertiary/aromatic N) is 3. The average Bonchev–Trinajstić information content (AvgIpc) is 2.31. The van der Waals surface area contributed by atoms with Crippen LogP contribution >= 0.6 is 0 Å². The zero-order valence-corrected chi connectivity index (χ0v) is 7.04. The van der Waals surface area contributed by atoms with E-state index < -0.39 is 0 Å². The first-order valence-electron chi connectivity index (χ1n) is 3.71. The van der Waals surface area contributed by atoms with Crippen LogP contribution in [-0.4, -0.2) is 14.8 Å². The molecule has 0 bridgehead atoms. The Morgan fingerprint density at radius 1 is 1.55 bits per heavy atom. The Morgan fingerprint density at radius 2 is 2.27 bits per heavy atom. The molecule has 1 aromatic heterocycles. The van der Waals surface area contributed by atoms with Crippen LogP contribution in [0.2, 0.25) is 0 Å². The molecule has 0 aliphatic rings. The Bertz CT molecular complexity index is 250. The van der Waals surface area contributed by atoms with Gasteiger partial charge in [-0.15, -0.1) is 16.8 Å². The van der Waals surface area contributed by atoms with Gasteiger partial charge in [-0.05, 0) is 13.3 Å². The first-order valence-corrected chi connectivity index (χ1v) is 3.71. The summed E-state index contributed by atoms with van der Waals surface area (Å²) in [6.45, 7) is 5.60. The molecule has 0 atom stereocenters. The summed E-state index contributed by atoms with van der Waals surface area (Å²) >= 11 is 0. The maximum atomic E-state index is 4.02. The lowest BCUT2D eigenvalue weighted by Crippen LogP contribution is -1.98. The number of hydrogen-bond acceptors (Lipinski definition) is 2. The summed E-state index contributed by atoms with van der Waals surface area (Å²) in [6, 6.07) is 0. The van der Waals surface area contributed by atoms with Gasteiger partial charge in [0.25, 0.3) is 0 Å². The molecule has 3 nitrogen and oxygen atoms in total. The second-order valence-corrected chi connectivity index (χ2v) is 2.55. The van der Waals surface area contributed by atoms with Crippen molar-refractivity contribution in [1.29, 1.82) is 0 Å². The lowest BCUT2D eigenvalue weighted by Gasteiger charge is -1.97. The van der Waals surface area contributed by atoms with Gasteiger partial charge in [0.05, 0.1) is 0 Å². The van der Waals surface area contributed by atoms with Gasteiger partial charge in [-0.25, -0.2) is 0 Å². The summed E-state index contributed by atoms with van der Waals surface area (Å²) < 4.78 is 2.00. The SMILES string of the molecule is C=CCCc1nnc(C)n1C. The number of aryl methyl sites for hydroxylation is 2. The minimum Gasteiger partial charge on any atom is -0.318 e. The molecular formula is C8H13N3. The van der Waals surface area contributed by atoms with Crippen molar-refractivity contribution in [3.63, 3.8) is 0 Å². The van der Waals surface area contributed by atoms with E-state index in [0.717, 1.165) is 24.5 Å². The predicted molar refractivity (Wildman–Crippen MR) is 44.3 cm³/mol. The van der Waals surface area contributed by atoms with Crippen molar-refractivity contribution in [2.75, 3.05) is 0 Å². The molecule has 0 N–H and O–H groups in total. The van der Waals surface area contributed by atoms with Crippen LogP contribution in [0.25, 0.3) is 0 Å². The fraction of sp³-hybridized carbons (Fsp3) is 0.500. The second-order valence-electron chi connectivity index (χ2n) is 2.55. The van der Waals surface area contributed by atoms with Crippen molar-refractivity contribution in [3.05, 3.63) is 24.3 Å². The van der Waals surface area contributed by atoms with E-state index in [-0.39, 0.29) is 0 Å². The summed E-state index contributed by atoms with van der Waals surface area (Å²) in [4.78, 5) is 0. The summed E-state index contributed by atoms with van der Waals surface area (Å²) in [5.41, 5.74) is 0. The molecule has 0 fully saturated rings. The van der Waals surface area contributed by atoms with Gasteiger partial charge in [0.15, 0.2) is 0 Å². The highest BCUT2D eigenvalue weighted by Crippen LogP contribution is 2.00. The van der Waals surface area contributed by atoms with Gasteiger partial charge >= 0.3 is 0 Å². The molecule has 0 saturated carbocycles. The van der Waals surface area contributed by atoms with E-state index in [1.165, 1.54) is 0 Å². The Balaban J connectivity index is 2.70. The first kappa shape index (κ1) is 7.98. The van der Waals surface area contributed by atoms with Crippen LogP contribution in [0.5, 0.6) is 0 Å². The molecule has 11 heavy (non-hydrogen) atoms. The third-order valence-corrected chi connectivity index (χ3v) is 1.75. The van der Waals surface area contributed by atoms with Crippen molar-refractivity contribution in [2.24, 2.45) is 7.05 Å². The molecule has 1 aromatic rings. The molecule has 0 aliphatic heterocycles. The molecule has 3 heteroatoms. The van der Waals surface area contributed by atoms with Crippen LogP contribution in [0.15, 0.2) is 12.7 Å². The predicted octanol–water partition coefficient (Wildman–Crippen LogP) is 1.24. The van der Waals surface area contributed by atoms with Gasteiger partial charge in [-0.1, -0.05) is 6.08 Å². The number of allylic oxidation sites excluding steroid dienone is 1. The number of aromatic nitrogens is 3. The fourth-order valence-corrected chi connectivity index (χ4v) is 0.900. The molecule has 0 aliphatic carbocycles. The standard InChI is InChI=1S/C8H13N3/c1-4-5-6-8-10-9-7(2)11(8)3/h4H,1,5-6H2,2-3H3. The van der Waals surface area contributed by atoms with E-state index in [0.29, 0.717) is 0 Å². The van der Waals surface area contributed by atoms with Crippen molar-refractivity contribution in [1.82, 2.24) is 14.8 Å². The third kappa shape index (κ3) is 1.67. The van der Waals surface area contributed by atoms with Crippen LogP contribution in [0, 0.1) is 6.92 Å². The highest BCUT2D eigenvalue weighted by Gasteiger charge is 2.01. The Labute approximate surface area is 66.8 Å². The van der Waals surface area contributed by atoms with Gasteiger partial charge in [-0.3, -0.25) is 0 Å². The smallest absolute Gasteiger partial charge is 0.133 e. The van der Waals surface area contributed by atoms with E-state index in [1.807, 2.05) is 24.6 Å². The zero-order valence-electron chi connectivity index (χ0n) is 7.04. The van der Waals surface area contributed by atoms with Gasteiger partial charge in [0.1, 0.15) is 11.6 Å². The van der Waals surface area contributed by atoms with Crippen molar-refractivity contribution in [2.45, 2.75) is 19.8 Å². The Morgan fingerprint density at radius 3 is 2.73 bits per heavy atom. The molecule has 1 rings (SSSR count).